The quantitative estimate of drug-likeness (QED) is 0.868. The van der Waals surface area contributed by atoms with Gasteiger partial charge in [0.25, 0.3) is 5.91 Å². The molecule has 0 saturated heterocycles. The Kier molecular flexibility index (Phi) is 5.87. The zero-order valence-corrected chi connectivity index (χ0v) is 13.2. The van der Waals surface area contributed by atoms with Gasteiger partial charge in [-0.25, -0.2) is 0 Å². The number of aromatic nitrogens is 2. The van der Waals surface area contributed by atoms with Gasteiger partial charge in [-0.2, -0.15) is 0 Å². The Morgan fingerprint density at radius 2 is 2.00 bits per heavy atom. The number of rotatable bonds is 6. The molecule has 5 nitrogen and oxygen atoms in total. The monoisotopic (exact) mass is 284 g/mol. The summed E-state index contributed by atoms with van der Waals surface area (Å²) in [6.07, 6.45) is 0.809. The summed E-state index contributed by atoms with van der Waals surface area (Å²) in [5.74, 6) is 0.637. The summed E-state index contributed by atoms with van der Waals surface area (Å²) in [7, 11) is 1.80. The van der Waals surface area contributed by atoms with E-state index >= 15 is 0 Å². The van der Waals surface area contributed by atoms with E-state index in [1.165, 1.54) is 11.5 Å². The predicted molar refractivity (Wildman–Crippen MR) is 78.4 cm³/mol. The highest BCUT2D eigenvalue weighted by Crippen LogP contribution is 2.21. The highest BCUT2D eigenvalue weighted by molar-refractivity contribution is 7.08. The molecule has 0 radical (unpaired) electrons. The largest absolute Gasteiger partial charge is 0.341 e. The Balaban J connectivity index is 2.64. The molecular formula is C13H24N4OS. The molecule has 0 spiro atoms. The molecule has 1 aromatic rings. The van der Waals surface area contributed by atoms with Crippen molar-refractivity contribution in [1.29, 1.82) is 0 Å². The maximum absolute atomic E-state index is 12.3. The third-order valence-corrected chi connectivity index (χ3v) is 3.98. The Morgan fingerprint density at radius 3 is 2.53 bits per heavy atom. The van der Waals surface area contributed by atoms with E-state index in [9.17, 15) is 4.79 Å². The van der Waals surface area contributed by atoms with Crippen LogP contribution in [0.3, 0.4) is 0 Å². The van der Waals surface area contributed by atoms with E-state index in [0.717, 1.165) is 12.1 Å². The lowest BCUT2D eigenvalue weighted by atomic mass is 10.0. The molecule has 0 aliphatic carbocycles. The molecule has 6 heteroatoms. The van der Waals surface area contributed by atoms with Crippen LogP contribution in [0.5, 0.6) is 0 Å². The summed E-state index contributed by atoms with van der Waals surface area (Å²) < 4.78 is 3.89. The molecule has 1 unspecified atom stereocenters. The molecule has 0 bridgehead atoms. The fourth-order valence-electron chi connectivity index (χ4n) is 1.67. The Morgan fingerprint density at radius 1 is 1.37 bits per heavy atom. The van der Waals surface area contributed by atoms with Crippen LogP contribution in [0, 0.1) is 5.92 Å². The Bertz CT molecular complexity index is 417. The van der Waals surface area contributed by atoms with E-state index in [0.29, 0.717) is 17.3 Å². The van der Waals surface area contributed by atoms with Crippen LogP contribution in [0.15, 0.2) is 0 Å². The molecule has 0 aromatic carbocycles. The minimum absolute atomic E-state index is 0.00495. The van der Waals surface area contributed by atoms with E-state index in [2.05, 4.69) is 23.4 Å². The highest BCUT2D eigenvalue weighted by atomic mass is 32.1. The lowest BCUT2D eigenvalue weighted by molar-refractivity contribution is 0.0792. The molecule has 1 aromatic heterocycles. The normalized spacial score (nSPS) is 13.1. The third kappa shape index (κ3) is 4.24. The maximum Gasteiger partial charge on any atom is 0.267 e. The second kappa shape index (κ2) is 6.96. The number of hydrogen-bond acceptors (Lipinski definition) is 5. The van der Waals surface area contributed by atoms with Crippen molar-refractivity contribution in [2.45, 2.75) is 46.1 Å². The van der Waals surface area contributed by atoms with Crippen LogP contribution in [0.2, 0.25) is 0 Å². The number of hydrogen-bond donors (Lipinski definition) is 1. The number of carbonyl (C=O) groups excluding carboxylic acids is 1. The summed E-state index contributed by atoms with van der Waals surface area (Å²) >= 11 is 1.17. The van der Waals surface area contributed by atoms with Crippen molar-refractivity contribution in [1.82, 2.24) is 14.5 Å². The van der Waals surface area contributed by atoms with Crippen molar-refractivity contribution in [3.8, 4) is 0 Å². The van der Waals surface area contributed by atoms with Crippen molar-refractivity contribution >= 4 is 17.4 Å². The fourth-order valence-corrected chi connectivity index (χ4v) is 2.49. The van der Waals surface area contributed by atoms with Gasteiger partial charge < -0.3 is 10.6 Å². The molecule has 19 heavy (non-hydrogen) atoms. The molecule has 2 N–H and O–H groups in total. The molecule has 0 fully saturated rings. The van der Waals surface area contributed by atoms with Gasteiger partial charge in [0.1, 0.15) is 4.88 Å². The summed E-state index contributed by atoms with van der Waals surface area (Å²) in [5, 5.41) is 4.04. The van der Waals surface area contributed by atoms with Crippen molar-refractivity contribution < 1.29 is 4.79 Å². The third-order valence-electron chi connectivity index (χ3n) is 3.26. The van der Waals surface area contributed by atoms with Gasteiger partial charge in [-0.05, 0) is 29.8 Å². The van der Waals surface area contributed by atoms with Gasteiger partial charge >= 0.3 is 0 Å². The van der Waals surface area contributed by atoms with E-state index in [4.69, 9.17) is 5.73 Å². The second-order valence-corrected chi connectivity index (χ2v) is 6.32. The first-order chi connectivity index (χ1) is 8.84. The van der Waals surface area contributed by atoms with Gasteiger partial charge in [0.05, 0.1) is 5.69 Å². The lowest BCUT2D eigenvalue weighted by Gasteiger charge is -2.21. The highest BCUT2D eigenvalue weighted by Gasteiger charge is 2.22. The van der Waals surface area contributed by atoms with E-state index in [1.807, 2.05) is 13.8 Å². The first-order valence-corrected chi connectivity index (χ1v) is 7.45. The van der Waals surface area contributed by atoms with E-state index in [1.54, 1.807) is 11.9 Å². The summed E-state index contributed by atoms with van der Waals surface area (Å²) in [4.78, 5) is 14.7. The topological polar surface area (TPSA) is 72.1 Å². The van der Waals surface area contributed by atoms with Gasteiger partial charge in [-0.3, -0.25) is 4.79 Å². The van der Waals surface area contributed by atoms with Crippen LogP contribution in [0.4, 0.5) is 0 Å². The van der Waals surface area contributed by atoms with Crippen LogP contribution in [0.1, 0.15) is 55.4 Å². The molecule has 108 valence electrons. The zero-order chi connectivity index (χ0) is 14.6. The Labute approximate surface area is 119 Å². The summed E-state index contributed by atoms with van der Waals surface area (Å²) in [6, 6.07) is 0.124. The predicted octanol–water partition coefficient (Wildman–Crippen LogP) is 2.11. The SMILES string of the molecule is CC(C)c1nnsc1C(=O)N(C)CCC(N)C(C)C. The minimum atomic E-state index is -0.00495. The molecule has 0 aliphatic rings. The van der Waals surface area contributed by atoms with Crippen molar-refractivity contribution in [2.75, 3.05) is 13.6 Å². The van der Waals surface area contributed by atoms with Crippen LogP contribution in [-0.2, 0) is 0 Å². The average Bonchev–Trinajstić information content (AvgIpc) is 2.83. The minimum Gasteiger partial charge on any atom is -0.341 e. The van der Waals surface area contributed by atoms with Gasteiger partial charge in [0.15, 0.2) is 0 Å². The van der Waals surface area contributed by atoms with Gasteiger partial charge in [0.2, 0.25) is 0 Å². The number of amides is 1. The summed E-state index contributed by atoms with van der Waals surface area (Å²) in [5.41, 5.74) is 6.79. The first-order valence-electron chi connectivity index (χ1n) is 6.67. The lowest BCUT2D eigenvalue weighted by Crippen LogP contribution is -2.34. The molecule has 1 amide bonds. The number of nitrogens with two attached hydrogens (primary N) is 1. The van der Waals surface area contributed by atoms with E-state index in [-0.39, 0.29) is 17.9 Å². The van der Waals surface area contributed by atoms with Crippen molar-refractivity contribution in [3.63, 3.8) is 0 Å². The van der Waals surface area contributed by atoms with E-state index < -0.39 is 0 Å². The average molecular weight is 284 g/mol. The van der Waals surface area contributed by atoms with Gasteiger partial charge in [-0.15, -0.1) is 5.10 Å². The van der Waals surface area contributed by atoms with Crippen LogP contribution >= 0.6 is 11.5 Å². The van der Waals surface area contributed by atoms with Crippen LogP contribution in [0.25, 0.3) is 0 Å². The smallest absolute Gasteiger partial charge is 0.267 e. The summed E-state index contributed by atoms with van der Waals surface area (Å²) in [6.45, 7) is 8.88. The van der Waals surface area contributed by atoms with Crippen LogP contribution < -0.4 is 5.73 Å². The number of nitrogens with zero attached hydrogens (tertiary/aromatic N) is 3. The van der Waals surface area contributed by atoms with Crippen LogP contribution in [-0.4, -0.2) is 40.0 Å². The van der Waals surface area contributed by atoms with Gasteiger partial charge in [0, 0.05) is 19.6 Å². The zero-order valence-electron chi connectivity index (χ0n) is 12.4. The van der Waals surface area contributed by atoms with Crippen molar-refractivity contribution in [2.24, 2.45) is 11.7 Å². The molecule has 0 saturated carbocycles. The molecule has 1 atom stereocenters. The fraction of sp³-hybridized carbons (Fsp3) is 0.769. The molecule has 1 heterocycles. The van der Waals surface area contributed by atoms with Crippen molar-refractivity contribution in [3.05, 3.63) is 10.6 Å². The number of carbonyl (C=O) groups is 1. The first kappa shape index (κ1) is 16.0. The molecular weight excluding hydrogens is 260 g/mol. The molecule has 1 rings (SSSR count). The molecule has 0 aliphatic heterocycles. The maximum atomic E-state index is 12.3. The standard InChI is InChI=1S/C13H24N4OS/c1-8(2)10(14)6-7-17(5)13(18)12-11(9(3)4)15-16-19-12/h8-10H,6-7,14H2,1-5H3. The van der Waals surface area contributed by atoms with Gasteiger partial charge in [-0.1, -0.05) is 32.2 Å². The Hall–Kier alpha value is -1.01. The second-order valence-electron chi connectivity index (χ2n) is 5.57.